The molecule has 1 heterocycles. The second kappa shape index (κ2) is 9.27. The standard InChI is InChI=1S/C26H25F3N2O2S/c1-31-14-12-22(23-10-4-11-24(25(23)31)26(27,28)29)20-8-2-6-18(16-20)19-7-3-9-21(17-19)34(32,33)15-5-13-30/h2-4,6-12,14,16-17,25H,5,13,15,30H2,1H3. The van der Waals surface area contributed by atoms with Gasteiger partial charge < -0.3 is 10.6 Å². The highest BCUT2D eigenvalue weighted by molar-refractivity contribution is 7.91. The van der Waals surface area contributed by atoms with Crippen molar-refractivity contribution in [3.8, 4) is 11.1 Å². The van der Waals surface area contributed by atoms with Gasteiger partial charge in [0.1, 0.15) is 0 Å². The molecule has 0 fully saturated rings. The van der Waals surface area contributed by atoms with Gasteiger partial charge in [-0.15, -0.1) is 0 Å². The third-order valence-electron chi connectivity index (χ3n) is 5.98. The molecule has 1 unspecified atom stereocenters. The highest BCUT2D eigenvalue weighted by Crippen LogP contribution is 2.41. The number of hydrogen-bond donors (Lipinski definition) is 1. The Labute approximate surface area is 197 Å². The third kappa shape index (κ3) is 4.74. The summed E-state index contributed by atoms with van der Waals surface area (Å²) in [6.07, 6.45) is 3.66. The van der Waals surface area contributed by atoms with Gasteiger partial charge in [0.25, 0.3) is 0 Å². The summed E-state index contributed by atoms with van der Waals surface area (Å²) in [6, 6.07) is 13.2. The number of hydrogen-bond acceptors (Lipinski definition) is 4. The second-order valence-corrected chi connectivity index (χ2v) is 10.4. The van der Waals surface area contributed by atoms with Crippen LogP contribution in [0.1, 0.15) is 12.0 Å². The van der Waals surface area contributed by atoms with Gasteiger partial charge in [0.15, 0.2) is 9.84 Å². The second-order valence-electron chi connectivity index (χ2n) is 8.30. The smallest absolute Gasteiger partial charge is 0.369 e. The minimum atomic E-state index is -4.44. The molecule has 2 aromatic carbocycles. The Morgan fingerprint density at radius 3 is 2.38 bits per heavy atom. The van der Waals surface area contributed by atoms with Crippen LogP contribution >= 0.6 is 0 Å². The molecule has 1 atom stereocenters. The molecule has 2 aliphatic rings. The van der Waals surface area contributed by atoms with E-state index < -0.39 is 27.6 Å². The van der Waals surface area contributed by atoms with E-state index >= 15 is 0 Å². The molecule has 0 aromatic heterocycles. The zero-order valence-electron chi connectivity index (χ0n) is 18.6. The first-order valence-corrected chi connectivity index (χ1v) is 12.5. The summed E-state index contributed by atoms with van der Waals surface area (Å²) in [6.45, 7) is 0.293. The molecule has 1 aliphatic carbocycles. The molecule has 34 heavy (non-hydrogen) atoms. The maximum absolute atomic E-state index is 13.7. The summed E-state index contributed by atoms with van der Waals surface area (Å²) in [5.41, 5.74) is 8.36. The first kappa shape index (κ1) is 24.0. The fourth-order valence-electron chi connectivity index (χ4n) is 4.29. The number of benzene rings is 2. The van der Waals surface area contributed by atoms with Gasteiger partial charge in [0.05, 0.1) is 22.3 Å². The number of nitrogens with zero attached hydrogens (tertiary/aromatic N) is 1. The Morgan fingerprint density at radius 2 is 1.68 bits per heavy atom. The molecule has 4 nitrogen and oxygen atoms in total. The van der Waals surface area contributed by atoms with Crippen LogP contribution in [0.15, 0.2) is 95.1 Å². The van der Waals surface area contributed by atoms with E-state index in [1.54, 1.807) is 42.4 Å². The number of fused-ring (bicyclic) bond motifs is 1. The maximum atomic E-state index is 13.7. The predicted octanol–water partition coefficient (Wildman–Crippen LogP) is 5.12. The predicted molar refractivity (Wildman–Crippen MR) is 128 cm³/mol. The third-order valence-corrected chi connectivity index (χ3v) is 7.78. The molecule has 0 radical (unpaired) electrons. The van der Waals surface area contributed by atoms with Crippen LogP contribution in [0.5, 0.6) is 0 Å². The van der Waals surface area contributed by atoms with Crippen LogP contribution in [0.2, 0.25) is 0 Å². The van der Waals surface area contributed by atoms with E-state index in [2.05, 4.69) is 0 Å². The average Bonchev–Trinajstić information content (AvgIpc) is 2.82. The normalized spacial score (nSPS) is 18.2. The summed E-state index contributed by atoms with van der Waals surface area (Å²) in [5, 5.41) is 0. The molecule has 4 rings (SSSR count). The first-order chi connectivity index (χ1) is 16.1. The Kier molecular flexibility index (Phi) is 6.55. The van der Waals surface area contributed by atoms with Crippen LogP contribution in [-0.4, -0.2) is 44.9 Å². The lowest BCUT2D eigenvalue weighted by molar-refractivity contribution is -0.0980. The van der Waals surface area contributed by atoms with Crippen LogP contribution in [0, 0.1) is 0 Å². The lowest BCUT2D eigenvalue weighted by Crippen LogP contribution is -2.39. The Balaban J connectivity index is 1.74. The number of halogens is 3. The van der Waals surface area contributed by atoms with E-state index in [-0.39, 0.29) is 10.6 Å². The van der Waals surface area contributed by atoms with Gasteiger partial charge in [-0.25, -0.2) is 8.42 Å². The number of sulfone groups is 1. The molecule has 8 heteroatoms. The van der Waals surface area contributed by atoms with Crippen LogP contribution in [0.3, 0.4) is 0 Å². The Morgan fingerprint density at radius 1 is 1.00 bits per heavy atom. The largest absolute Gasteiger partial charge is 0.415 e. The first-order valence-electron chi connectivity index (χ1n) is 10.9. The van der Waals surface area contributed by atoms with E-state index in [1.807, 2.05) is 36.4 Å². The lowest BCUT2D eigenvalue weighted by Gasteiger charge is -2.36. The van der Waals surface area contributed by atoms with Crippen molar-refractivity contribution in [2.45, 2.75) is 23.5 Å². The highest BCUT2D eigenvalue weighted by atomic mass is 32.2. The van der Waals surface area contributed by atoms with Crippen molar-refractivity contribution in [2.75, 3.05) is 19.3 Å². The molecule has 2 N–H and O–H groups in total. The van der Waals surface area contributed by atoms with Crippen molar-refractivity contribution in [1.82, 2.24) is 4.90 Å². The summed E-state index contributed by atoms with van der Waals surface area (Å²) in [5.74, 6) is -0.0235. The van der Waals surface area contributed by atoms with Crippen LogP contribution in [0.4, 0.5) is 13.2 Å². The zero-order valence-corrected chi connectivity index (χ0v) is 19.4. The van der Waals surface area contributed by atoms with Crippen LogP contribution in [0.25, 0.3) is 16.7 Å². The molecular formula is C26H25F3N2O2S. The molecule has 0 amide bonds. The molecule has 2 aromatic rings. The van der Waals surface area contributed by atoms with Gasteiger partial charge in [0.2, 0.25) is 0 Å². The topological polar surface area (TPSA) is 63.4 Å². The fraction of sp³-hybridized carbons (Fsp3) is 0.231. The summed E-state index contributed by atoms with van der Waals surface area (Å²) < 4.78 is 66.3. The number of rotatable bonds is 6. The van der Waals surface area contributed by atoms with Gasteiger partial charge in [-0.3, -0.25) is 0 Å². The average molecular weight is 487 g/mol. The van der Waals surface area contributed by atoms with Gasteiger partial charge in [-0.1, -0.05) is 48.6 Å². The highest BCUT2D eigenvalue weighted by Gasteiger charge is 2.43. The Bertz CT molecular complexity index is 1320. The van der Waals surface area contributed by atoms with E-state index in [1.165, 1.54) is 6.08 Å². The minimum absolute atomic E-state index is 0.0235. The molecule has 0 bridgehead atoms. The molecule has 178 valence electrons. The van der Waals surface area contributed by atoms with Gasteiger partial charge in [-0.05, 0) is 65.1 Å². The van der Waals surface area contributed by atoms with Crippen molar-refractivity contribution >= 4 is 15.4 Å². The van der Waals surface area contributed by atoms with Crippen molar-refractivity contribution in [1.29, 1.82) is 0 Å². The molecule has 0 saturated carbocycles. The monoisotopic (exact) mass is 486 g/mol. The Hall–Kier alpha value is -3.10. The van der Waals surface area contributed by atoms with E-state index in [9.17, 15) is 21.6 Å². The van der Waals surface area contributed by atoms with E-state index in [0.29, 0.717) is 29.7 Å². The molecule has 0 spiro atoms. The maximum Gasteiger partial charge on any atom is 0.415 e. The number of likely N-dealkylation sites (N-methyl/N-ethyl adjacent to an activating group) is 1. The van der Waals surface area contributed by atoms with Gasteiger partial charge in [-0.2, -0.15) is 13.2 Å². The summed E-state index contributed by atoms with van der Waals surface area (Å²) in [4.78, 5) is 1.78. The van der Waals surface area contributed by atoms with Crippen LogP contribution in [-0.2, 0) is 9.84 Å². The number of nitrogens with two attached hydrogens (primary N) is 1. The molecular weight excluding hydrogens is 461 g/mol. The van der Waals surface area contributed by atoms with Crippen molar-refractivity contribution in [3.05, 3.63) is 95.7 Å². The SMILES string of the molecule is CN1C=CC(c2cccc(-c3cccc(S(=O)(=O)CCCN)c3)c2)=C2C=CC=C(C(F)(F)F)C21. The van der Waals surface area contributed by atoms with Crippen molar-refractivity contribution < 1.29 is 21.6 Å². The lowest BCUT2D eigenvalue weighted by atomic mass is 9.84. The van der Waals surface area contributed by atoms with E-state index in [0.717, 1.165) is 17.2 Å². The van der Waals surface area contributed by atoms with Gasteiger partial charge >= 0.3 is 6.18 Å². The fourth-order valence-corrected chi connectivity index (χ4v) is 5.67. The number of allylic oxidation sites excluding steroid dienone is 4. The quantitative estimate of drug-likeness (QED) is 0.616. The molecule has 0 saturated heterocycles. The van der Waals surface area contributed by atoms with Crippen molar-refractivity contribution in [3.63, 3.8) is 0 Å². The van der Waals surface area contributed by atoms with Gasteiger partial charge in [0, 0.05) is 13.2 Å². The molecule has 1 aliphatic heterocycles. The van der Waals surface area contributed by atoms with Crippen molar-refractivity contribution in [2.24, 2.45) is 5.73 Å². The minimum Gasteiger partial charge on any atom is -0.369 e. The zero-order chi connectivity index (χ0) is 24.5. The van der Waals surface area contributed by atoms with Crippen LogP contribution < -0.4 is 5.73 Å². The summed E-state index contributed by atoms with van der Waals surface area (Å²) in [7, 11) is -1.82. The number of alkyl halides is 3. The van der Waals surface area contributed by atoms with E-state index in [4.69, 9.17) is 5.73 Å². The summed E-state index contributed by atoms with van der Waals surface area (Å²) >= 11 is 0.